The third kappa shape index (κ3) is 2.72. The average molecular weight is 247 g/mol. The molecule has 1 aromatic rings. The Morgan fingerprint density at radius 3 is 2.56 bits per heavy atom. The molecule has 0 saturated carbocycles. The first-order chi connectivity index (χ1) is 8.74. The van der Waals surface area contributed by atoms with E-state index < -0.39 is 12.0 Å². The van der Waals surface area contributed by atoms with Gasteiger partial charge in [0, 0.05) is 0 Å². The fourth-order valence-electron chi connectivity index (χ4n) is 2.79. The lowest BCUT2D eigenvalue weighted by Crippen LogP contribution is -2.38. The zero-order chi connectivity index (χ0) is 13.0. The standard InChI is InChI=1S/C15H21NO2/c1-2-12-8-4-5-9-13(12)14(15(17)18)16-10-6-3-7-11-16/h4-5,8-9,14H,2-3,6-7,10-11H2,1H3,(H,17,18). The molecular formula is C15H21NO2. The van der Waals surface area contributed by atoms with E-state index in [9.17, 15) is 9.90 Å². The van der Waals surface area contributed by atoms with E-state index in [1.165, 1.54) is 6.42 Å². The fourth-order valence-corrected chi connectivity index (χ4v) is 2.79. The molecule has 0 amide bonds. The van der Waals surface area contributed by atoms with Gasteiger partial charge in [0.05, 0.1) is 0 Å². The highest BCUT2D eigenvalue weighted by Crippen LogP contribution is 2.27. The molecule has 1 atom stereocenters. The van der Waals surface area contributed by atoms with Crippen molar-refractivity contribution in [1.29, 1.82) is 0 Å². The van der Waals surface area contributed by atoms with Gasteiger partial charge in [-0.2, -0.15) is 0 Å². The summed E-state index contributed by atoms with van der Waals surface area (Å²) in [6, 6.07) is 7.45. The van der Waals surface area contributed by atoms with Crippen LogP contribution in [0.3, 0.4) is 0 Å². The number of piperidine rings is 1. The quantitative estimate of drug-likeness (QED) is 0.889. The maximum Gasteiger partial charge on any atom is 0.325 e. The summed E-state index contributed by atoms with van der Waals surface area (Å²) in [5, 5.41) is 9.56. The zero-order valence-electron chi connectivity index (χ0n) is 10.9. The first-order valence-corrected chi connectivity index (χ1v) is 6.78. The smallest absolute Gasteiger partial charge is 0.325 e. The lowest BCUT2D eigenvalue weighted by atomic mass is 9.96. The summed E-state index contributed by atoms with van der Waals surface area (Å²) in [5.74, 6) is -0.724. The molecule has 1 fully saturated rings. The van der Waals surface area contributed by atoms with E-state index in [4.69, 9.17) is 0 Å². The maximum atomic E-state index is 11.6. The van der Waals surface area contributed by atoms with Gasteiger partial charge in [-0.3, -0.25) is 9.69 Å². The van der Waals surface area contributed by atoms with Crippen LogP contribution < -0.4 is 0 Å². The molecule has 1 saturated heterocycles. The van der Waals surface area contributed by atoms with Gasteiger partial charge in [0.1, 0.15) is 6.04 Å². The predicted octanol–water partition coefficient (Wildman–Crippen LogP) is 2.86. The van der Waals surface area contributed by atoms with Gasteiger partial charge in [-0.05, 0) is 43.5 Å². The van der Waals surface area contributed by atoms with E-state index in [0.717, 1.165) is 43.5 Å². The lowest BCUT2D eigenvalue weighted by molar-refractivity contribution is -0.144. The fraction of sp³-hybridized carbons (Fsp3) is 0.533. The van der Waals surface area contributed by atoms with Crippen LogP contribution >= 0.6 is 0 Å². The minimum atomic E-state index is -0.724. The number of rotatable bonds is 4. The second kappa shape index (κ2) is 6.01. The Hall–Kier alpha value is -1.35. The predicted molar refractivity (Wildman–Crippen MR) is 71.6 cm³/mol. The Bertz CT molecular complexity index is 411. The van der Waals surface area contributed by atoms with E-state index in [1.54, 1.807) is 0 Å². The van der Waals surface area contributed by atoms with Gasteiger partial charge in [0.15, 0.2) is 0 Å². The lowest BCUT2D eigenvalue weighted by Gasteiger charge is -2.33. The van der Waals surface area contributed by atoms with Crippen LogP contribution in [0.4, 0.5) is 0 Å². The summed E-state index contributed by atoms with van der Waals surface area (Å²) in [4.78, 5) is 13.7. The number of aliphatic carboxylic acids is 1. The molecule has 0 radical (unpaired) electrons. The third-order valence-corrected chi connectivity index (χ3v) is 3.72. The molecule has 1 N–H and O–H groups in total. The van der Waals surface area contributed by atoms with Crippen molar-refractivity contribution < 1.29 is 9.90 Å². The van der Waals surface area contributed by atoms with Gasteiger partial charge in [0.2, 0.25) is 0 Å². The van der Waals surface area contributed by atoms with Gasteiger partial charge in [-0.15, -0.1) is 0 Å². The zero-order valence-corrected chi connectivity index (χ0v) is 10.9. The molecule has 0 bridgehead atoms. The van der Waals surface area contributed by atoms with Crippen molar-refractivity contribution in [3.05, 3.63) is 35.4 Å². The maximum absolute atomic E-state index is 11.6. The summed E-state index contributed by atoms with van der Waals surface area (Å²) in [5.41, 5.74) is 2.12. The first-order valence-electron chi connectivity index (χ1n) is 6.78. The molecule has 2 rings (SSSR count). The summed E-state index contributed by atoms with van der Waals surface area (Å²) < 4.78 is 0. The van der Waals surface area contributed by atoms with Crippen molar-refractivity contribution in [2.24, 2.45) is 0 Å². The van der Waals surface area contributed by atoms with Crippen molar-refractivity contribution >= 4 is 5.97 Å². The second-order valence-electron chi connectivity index (χ2n) is 4.89. The molecule has 1 aliphatic rings. The molecule has 0 aromatic heterocycles. The van der Waals surface area contributed by atoms with Crippen LogP contribution in [-0.4, -0.2) is 29.1 Å². The Morgan fingerprint density at radius 1 is 1.28 bits per heavy atom. The van der Waals surface area contributed by atoms with Crippen molar-refractivity contribution in [1.82, 2.24) is 4.90 Å². The second-order valence-corrected chi connectivity index (χ2v) is 4.89. The molecule has 3 heteroatoms. The molecule has 1 unspecified atom stereocenters. The van der Waals surface area contributed by atoms with E-state index in [0.29, 0.717) is 0 Å². The van der Waals surface area contributed by atoms with Crippen LogP contribution in [0, 0.1) is 0 Å². The van der Waals surface area contributed by atoms with Crippen LogP contribution in [0.1, 0.15) is 43.4 Å². The number of nitrogens with zero attached hydrogens (tertiary/aromatic N) is 1. The SMILES string of the molecule is CCc1ccccc1C(C(=O)O)N1CCCCC1. The highest BCUT2D eigenvalue weighted by atomic mass is 16.4. The Morgan fingerprint density at radius 2 is 1.94 bits per heavy atom. The van der Waals surface area contributed by atoms with E-state index >= 15 is 0 Å². The van der Waals surface area contributed by atoms with Crippen molar-refractivity contribution in [3.63, 3.8) is 0 Å². The highest BCUT2D eigenvalue weighted by Gasteiger charge is 2.29. The van der Waals surface area contributed by atoms with E-state index in [2.05, 4.69) is 11.8 Å². The third-order valence-electron chi connectivity index (χ3n) is 3.72. The topological polar surface area (TPSA) is 40.5 Å². The summed E-state index contributed by atoms with van der Waals surface area (Å²) in [6.45, 7) is 3.87. The van der Waals surface area contributed by atoms with Crippen LogP contribution in [0.2, 0.25) is 0 Å². The normalized spacial score (nSPS) is 18.5. The minimum absolute atomic E-state index is 0.471. The van der Waals surface area contributed by atoms with Gasteiger partial charge >= 0.3 is 5.97 Å². The monoisotopic (exact) mass is 247 g/mol. The van der Waals surface area contributed by atoms with Crippen molar-refractivity contribution in [2.45, 2.75) is 38.6 Å². The van der Waals surface area contributed by atoms with Crippen LogP contribution in [0.25, 0.3) is 0 Å². The molecule has 1 heterocycles. The first kappa shape index (κ1) is 13.1. The summed E-state index contributed by atoms with van der Waals surface area (Å²) in [6.07, 6.45) is 4.32. The number of carbonyl (C=O) groups is 1. The summed E-state index contributed by atoms with van der Waals surface area (Å²) in [7, 11) is 0. The van der Waals surface area contributed by atoms with Crippen molar-refractivity contribution in [2.75, 3.05) is 13.1 Å². The Labute approximate surface area is 108 Å². The van der Waals surface area contributed by atoms with Gasteiger partial charge in [0.25, 0.3) is 0 Å². The molecule has 18 heavy (non-hydrogen) atoms. The largest absolute Gasteiger partial charge is 0.480 e. The van der Waals surface area contributed by atoms with Crippen LogP contribution in [0.15, 0.2) is 24.3 Å². The number of aryl methyl sites for hydroxylation is 1. The van der Waals surface area contributed by atoms with Crippen molar-refractivity contribution in [3.8, 4) is 0 Å². The number of hydrogen-bond acceptors (Lipinski definition) is 2. The molecule has 0 spiro atoms. The van der Waals surface area contributed by atoms with Gasteiger partial charge in [-0.1, -0.05) is 37.6 Å². The minimum Gasteiger partial charge on any atom is -0.480 e. The number of carboxylic acid groups (broad SMARTS) is 1. The molecular weight excluding hydrogens is 226 g/mol. The summed E-state index contributed by atoms with van der Waals surface area (Å²) >= 11 is 0. The van der Waals surface area contributed by atoms with Crippen LogP contribution in [-0.2, 0) is 11.2 Å². The van der Waals surface area contributed by atoms with Gasteiger partial charge in [-0.25, -0.2) is 0 Å². The van der Waals surface area contributed by atoms with Crippen LogP contribution in [0.5, 0.6) is 0 Å². The number of likely N-dealkylation sites (tertiary alicyclic amines) is 1. The number of benzene rings is 1. The molecule has 0 aliphatic carbocycles. The number of carboxylic acids is 1. The molecule has 1 aliphatic heterocycles. The average Bonchev–Trinajstić information content (AvgIpc) is 2.40. The highest BCUT2D eigenvalue weighted by molar-refractivity contribution is 5.76. The van der Waals surface area contributed by atoms with E-state index in [1.807, 2.05) is 24.3 Å². The van der Waals surface area contributed by atoms with Gasteiger partial charge < -0.3 is 5.11 Å². The number of hydrogen-bond donors (Lipinski definition) is 1. The molecule has 1 aromatic carbocycles. The Balaban J connectivity index is 2.31. The molecule has 98 valence electrons. The van der Waals surface area contributed by atoms with E-state index in [-0.39, 0.29) is 0 Å². The Kier molecular flexibility index (Phi) is 4.37. The molecule has 3 nitrogen and oxygen atoms in total.